The topological polar surface area (TPSA) is 61.8 Å². The Hall–Kier alpha value is -2.30. The van der Waals surface area contributed by atoms with Crippen LogP contribution in [0.2, 0.25) is 0 Å². The molecule has 1 aromatic carbocycles. The molecule has 0 spiro atoms. The van der Waals surface area contributed by atoms with Crippen LogP contribution in [0.5, 0.6) is 0 Å². The fourth-order valence-electron chi connectivity index (χ4n) is 2.31. The van der Waals surface area contributed by atoms with E-state index in [2.05, 4.69) is 4.74 Å². The Morgan fingerprint density at radius 2 is 1.95 bits per heavy atom. The Bertz CT molecular complexity index is 532. The van der Waals surface area contributed by atoms with E-state index in [-0.39, 0.29) is 24.6 Å². The minimum atomic E-state index is -0.651. The van der Waals surface area contributed by atoms with Gasteiger partial charge < -0.3 is 14.2 Å². The van der Waals surface area contributed by atoms with Crippen molar-refractivity contribution >= 4 is 12.1 Å². The summed E-state index contributed by atoms with van der Waals surface area (Å²) in [6, 6.07) is 7.09. The van der Waals surface area contributed by atoms with E-state index in [1.165, 1.54) is 7.11 Å². The van der Waals surface area contributed by atoms with E-state index in [0.717, 1.165) is 5.56 Å². The molecular formula is C16H18O5. The number of hydrogen-bond acceptors (Lipinski definition) is 5. The highest BCUT2D eigenvalue weighted by Crippen LogP contribution is 2.31. The lowest BCUT2D eigenvalue weighted by molar-refractivity contribution is 0.0253. The first kappa shape index (κ1) is 15.1. The van der Waals surface area contributed by atoms with Gasteiger partial charge in [-0.15, -0.1) is 0 Å². The number of hydrogen-bond donors (Lipinski definition) is 0. The van der Waals surface area contributed by atoms with Crippen LogP contribution in [0, 0.1) is 0 Å². The molecule has 5 nitrogen and oxygen atoms in total. The first-order chi connectivity index (χ1) is 10.2. The third-order valence-corrected chi connectivity index (χ3v) is 3.34. The van der Waals surface area contributed by atoms with Gasteiger partial charge in [-0.2, -0.15) is 0 Å². The summed E-state index contributed by atoms with van der Waals surface area (Å²) in [5.41, 5.74) is 1.47. The van der Waals surface area contributed by atoms with E-state index in [9.17, 15) is 9.59 Å². The molecule has 1 aliphatic carbocycles. The van der Waals surface area contributed by atoms with Gasteiger partial charge in [0.15, 0.2) is 0 Å². The zero-order valence-corrected chi connectivity index (χ0v) is 12.1. The predicted octanol–water partition coefficient (Wildman–Crippen LogP) is 3.06. The monoisotopic (exact) mass is 290 g/mol. The van der Waals surface area contributed by atoms with Crippen molar-refractivity contribution in [1.82, 2.24) is 0 Å². The van der Waals surface area contributed by atoms with Crippen molar-refractivity contribution in [3.63, 3.8) is 0 Å². The quantitative estimate of drug-likeness (QED) is 0.630. The summed E-state index contributed by atoms with van der Waals surface area (Å²) < 4.78 is 14.8. The van der Waals surface area contributed by atoms with E-state index >= 15 is 0 Å². The van der Waals surface area contributed by atoms with Gasteiger partial charge in [0.2, 0.25) is 0 Å². The molecule has 1 aromatic rings. The molecule has 0 radical (unpaired) electrons. The third kappa shape index (κ3) is 3.62. The van der Waals surface area contributed by atoms with Gasteiger partial charge in [-0.25, -0.2) is 9.59 Å². The molecule has 0 saturated heterocycles. The van der Waals surface area contributed by atoms with Crippen LogP contribution in [0.4, 0.5) is 4.79 Å². The maximum absolute atomic E-state index is 11.4. The summed E-state index contributed by atoms with van der Waals surface area (Å²) in [6.45, 7) is 2.02. The highest BCUT2D eigenvalue weighted by molar-refractivity contribution is 5.89. The summed E-state index contributed by atoms with van der Waals surface area (Å²) in [5, 5.41) is 0. The van der Waals surface area contributed by atoms with E-state index in [4.69, 9.17) is 9.47 Å². The smallest absolute Gasteiger partial charge is 0.465 e. The van der Waals surface area contributed by atoms with E-state index in [1.807, 2.05) is 24.3 Å². The Balaban J connectivity index is 2.07. The van der Waals surface area contributed by atoms with Gasteiger partial charge in [-0.1, -0.05) is 24.3 Å². The standard InChI is InChI=1S/C16H18O5/c1-3-20-16(18)21-14-6-4-5-13(14)11-7-9-12(10-8-11)15(17)19-2/h4-5,7-10,13-14H,3,6H2,1-2H3/t13-,14+/m0/s1. The largest absolute Gasteiger partial charge is 0.508 e. The maximum Gasteiger partial charge on any atom is 0.508 e. The Kier molecular flexibility index (Phi) is 4.98. The van der Waals surface area contributed by atoms with Gasteiger partial charge in [0.05, 0.1) is 19.3 Å². The molecule has 5 heteroatoms. The van der Waals surface area contributed by atoms with Gasteiger partial charge >= 0.3 is 12.1 Å². The van der Waals surface area contributed by atoms with Crippen molar-refractivity contribution in [2.75, 3.05) is 13.7 Å². The van der Waals surface area contributed by atoms with Crippen molar-refractivity contribution < 1.29 is 23.8 Å². The minimum absolute atomic E-state index is 0.0268. The van der Waals surface area contributed by atoms with Crippen LogP contribution in [0.25, 0.3) is 0 Å². The Morgan fingerprint density at radius 3 is 2.57 bits per heavy atom. The Labute approximate surface area is 123 Å². The number of carbonyl (C=O) groups is 2. The van der Waals surface area contributed by atoms with Crippen LogP contribution in [0.3, 0.4) is 0 Å². The molecule has 0 fully saturated rings. The summed E-state index contributed by atoms with van der Waals surface area (Å²) >= 11 is 0. The van der Waals surface area contributed by atoms with Gasteiger partial charge in [0.25, 0.3) is 0 Å². The minimum Gasteiger partial charge on any atom is -0.465 e. The lowest BCUT2D eigenvalue weighted by Crippen LogP contribution is -2.22. The second-order valence-corrected chi connectivity index (χ2v) is 4.64. The molecule has 0 N–H and O–H groups in total. The number of carbonyl (C=O) groups excluding carboxylic acids is 2. The second kappa shape index (κ2) is 6.92. The van der Waals surface area contributed by atoms with Crippen LogP contribution in [0.1, 0.15) is 35.2 Å². The van der Waals surface area contributed by atoms with Gasteiger partial charge in [-0.3, -0.25) is 0 Å². The molecule has 21 heavy (non-hydrogen) atoms. The predicted molar refractivity (Wildman–Crippen MR) is 76.2 cm³/mol. The molecule has 2 rings (SSSR count). The summed E-state index contributed by atoms with van der Waals surface area (Å²) in [7, 11) is 1.35. The normalized spacial score (nSPS) is 20.1. The molecule has 112 valence electrons. The molecule has 0 heterocycles. The fourth-order valence-corrected chi connectivity index (χ4v) is 2.31. The molecule has 0 unspecified atom stereocenters. The maximum atomic E-state index is 11.4. The summed E-state index contributed by atoms with van der Waals surface area (Å²) in [4.78, 5) is 22.8. The Morgan fingerprint density at radius 1 is 1.24 bits per heavy atom. The van der Waals surface area contributed by atoms with Crippen molar-refractivity contribution in [3.05, 3.63) is 47.5 Å². The van der Waals surface area contributed by atoms with Gasteiger partial charge in [0, 0.05) is 12.3 Å². The molecule has 0 saturated carbocycles. The van der Waals surface area contributed by atoms with Crippen molar-refractivity contribution in [1.29, 1.82) is 0 Å². The average Bonchev–Trinajstić information content (AvgIpc) is 2.95. The molecule has 1 aliphatic rings. The third-order valence-electron chi connectivity index (χ3n) is 3.34. The van der Waals surface area contributed by atoms with Crippen LogP contribution < -0.4 is 0 Å². The number of rotatable bonds is 4. The molecule has 0 amide bonds. The van der Waals surface area contributed by atoms with E-state index in [0.29, 0.717) is 12.0 Å². The van der Waals surface area contributed by atoms with Crippen molar-refractivity contribution in [2.24, 2.45) is 0 Å². The lowest BCUT2D eigenvalue weighted by atomic mass is 9.95. The molecule has 0 aromatic heterocycles. The summed E-state index contributed by atoms with van der Waals surface area (Å²) in [5.74, 6) is -0.399. The van der Waals surface area contributed by atoms with E-state index < -0.39 is 6.16 Å². The number of benzene rings is 1. The molecule has 0 bridgehead atoms. The highest BCUT2D eigenvalue weighted by Gasteiger charge is 2.28. The fraction of sp³-hybridized carbons (Fsp3) is 0.375. The first-order valence-electron chi connectivity index (χ1n) is 6.84. The van der Waals surface area contributed by atoms with Crippen LogP contribution in [0.15, 0.2) is 36.4 Å². The van der Waals surface area contributed by atoms with Gasteiger partial charge in [-0.05, 0) is 24.6 Å². The summed E-state index contributed by atoms with van der Waals surface area (Å²) in [6.07, 6.45) is 3.71. The highest BCUT2D eigenvalue weighted by atomic mass is 16.7. The SMILES string of the molecule is CCOC(=O)O[C@@H]1CC=C[C@H]1c1ccc(C(=O)OC)cc1. The number of ether oxygens (including phenoxy) is 3. The van der Waals surface area contributed by atoms with Crippen LogP contribution >= 0.6 is 0 Å². The molecule has 2 atom stereocenters. The van der Waals surface area contributed by atoms with Crippen LogP contribution in [-0.2, 0) is 14.2 Å². The zero-order valence-electron chi connectivity index (χ0n) is 12.1. The average molecular weight is 290 g/mol. The number of methoxy groups -OCH3 is 1. The number of esters is 1. The second-order valence-electron chi connectivity index (χ2n) is 4.64. The van der Waals surface area contributed by atoms with Crippen molar-refractivity contribution in [3.8, 4) is 0 Å². The van der Waals surface area contributed by atoms with Gasteiger partial charge in [0.1, 0.15) is 6.10 Å². The zero-order chi connectivity index (χ0) is 15.2. The van der Waals surface area contributed by atoms with E-state index in [1.54, 1.807) is 19.1 Å². The van der Waals surface area contributed by atoms with Crippen molar-refractivity contribution in [2.45, 2.75) is 25.4 Å². The van der Waals surface area contributed by atoms with Crippen LogP contribution in [-0.4, -0.2) is 31.9 Å². The molecular weight excluding hydrogens is 272 g/mol. The first-order valence-corrected chi connectivity index (χ1v) is 6.84. The molecule has 0 aliphatic heterocycles. The lowest BCUT2D eigenvalue weighted by Gasteiger charge is -2.20.